The predicted octanol–water partition coefficient (Wildman–Crippen LogP) is 12.5. The quantitative estimate of drug-likeness (QED) is 0.208. The van der Waals surface area contributed by atoms with E-state index < -0.39 is 0 Å². The average Bonchev–Trinajstić information content (AvgIpc) is 2.98. The van der Waals surface area contributed by atoms with Gasteiger partial charge < -0.3 is 0 Å². The van der Waals surface area contributed by atoms with Gasteiger partial charge in [-0.3, -0.25) is 0 Å². The molecular formula is C38H56. The maximum atomic E-state index is 2.54. The lowest BCUT2D eigenvalue weighted by molar-refractivity contribution is 0.302. The number of hydrogen-bond donors (Lipinski definition) is 0. The lowest BCUT2D eigenvalue weighted by atomic mass is 9.77. The molecule has 1 atom stereocenters. The molecule has 0 aliphatic heterocycles. The molecule has 0 saturated heterocycles. The van der Waals surface area contributed by atoms with Crippen LogP contribution >= 0.6 is 0 Å². The third-order valence-electron chi connectivity index (χ3n) is 9.77. The van der Waals surface area contributed by atoms with E-state index in [4.69, 9.17) is 0 Å². The Kier molecular flexibility index (Phi) is 12.5. The topological polar surface area (TPSA) is 0 Å². The summed E-state index contributed by atoms with van der Waals surface area (Å²) < 4.78 is 0. The third kappa shape index (κ3) is 9.14. The minimum atomic E-state index is 0.779. The molecule has 1 fully saturated rings. The molecule has 0 heteroatoms. The van der Waals surface area contributed by atoms with Crippen molar-refractivity contribution in [2.24, 2.45) is 11.8 Å². The minimum Gasteiger partial charge on any atom is -0.0804 e. The van der Waals surface area contributed by atoms with Crippen molar-refractivity contribution >= 4 is 5.57 Å². The average molecular weight is 513 g/mol. The molecule has 1 unspecified atom stereocenters. The summed E-state index contributed by atoms with van der Waals surface area (Å²) in [6.45, 7) is 4.61. The second-order valence-corrected chi connectivity index (χ2v) is 12.7. The first-order valence-corrected chi connectivity index (χ1v) is 16.7. The van der Waals surface area contributed by atoms with Gasteiger partial charge in [-0.1, -0.05) is 146 Å². The van der Waals surface area contributed by atoms with Crippen LogP contribution in [0.4, 0.5) is 0 Å². The summed E-state index contributed by atoms with van der Waals surface area (Å²) in [5.41, 5.74) is 7.30. The molecule has 0 bridgehead atoms. The monoisotopic (exact) mass is 512 g/mol. The van der Waals surface area contributed by atoms with Crippen LogP contribution in [0.3, 0.4) is 0 Å². The highest BCUT2D eigenvalue weighted by Crippen LogP contribution is 2.39. The minimum absolute atomic E-state index is 0.779. The molecule has 2 aromatic rings. The molecule has 0 amide bonds. The Balaban J connectivity index is 1.20. The van der Waals surface area contributed by atoms with E-state index in [0.29, 0.717) is 0 Å². The number of allylic oxidation sites excluding steroid dienone is 2. The second-order valence-electron chi connectivity index (χ2n) is 12.7. The molecule has 0 spiro atoms. The zero-order chi connectivity index (χ0) is 26.4. The highest BCUT2D eigenvalue weighted by atomic mass is 14.3. The molecule has 0 aromatic heterocycles. The Labute approximate surface area is 235 Å². The maximum absolute atomic E-state index is 2.54. The molecule has 208 valence electrons. The van der Waals surface area contributed by atoms with E-state index in [9.17, 15) is 0 Å². The van der Waals surface area contributed by atoms with Crippen molar-refractivity contribution in [1.29, 1.82) is 0 Å². The van der Waals surface area contributed by atoms with Crippen molar-refractivity contribution in [3.05, 3.63) is 65.7 Å². The first-order valence-electron chi connectivity index (χ1n) is 16.7. The van der Waals surface area contributed by atoms with Gasteiger partial charge in [-0.2, -0.15) is 0 Å². The predicted molar refractivity (Wildman–Crippen MR) is 169 cm³/mol. The van der Waals surface area contributed by atoms with Gasteiger partial charge in [0.15, 0.2) is 0 Å². The van der Waals surface area contributed by atoms with E-state index in [0.717, 1.165) is 17.8 Å². The van der Waals surface area contributed by atoms with E-state index in [-0.39, 0.29) is 0 Å². The van der Waals surface area contributed by atoms with Crippen molar-refractivity contribution in [3.63, 3.8) is 0 Å². The fraction of sp³-hybridized carbons (Fsp3) is 0.632. The lowest BCUT2D eigenvalue weighted by Gasteiger charge is -2.29. The molecule has 0 heterocycles. The van der Waals surface area contributed by atoms with Crippen molar-refractivity contribution in [2.45, 2.75) is 142 Å². The molecule has 0 radical (unpaired) electrons. The van der Waals surface area contributed by atoms with Crippen molar-refractivity contribution in [1.82, 2.24) is 0 Å². The number of hydrogen-bond acceptors (Lipinski definition) is 0. The van der Waals surface area contributed by atoms with E-state index in [1.54, 1.807) is 11.1 Å². The van der Waals surface area contributed by atoms with Gasteiger partial charge in [0.1, 0.15) is 0 Å². The summed E-state index contributed by atoms with van der Waals surface area (Å²) >= 11 is 0. The molecule has 1 saturated carbocycles. The van der Waals surface area contributed by atoms with E-state index in [2.05, 4.69) is 68.5 Å². The zero-order valence-corrected chi connectivity index (χ0v) is 24.9. The first kappa shape index (κ1) is 29.2. The zero-order valence-electron chi connectivity index (χ0n) is 24.9. The van der Waals surface area contributed by atoms with Gasteiger partial charge in [-0.15, -0.1) is 0 Å². The van der Waals surface area contributed by atoms with Crippen LogP contribution in [0.2, 0.25) is 0 Å². The van der Waals surface area contributed by atoms with E-state index >= 15 is 0 Å². The van der Waals surface area contributed by atoms with Gasteiger partial charge in [0.2, 0.25) is 0 Å². The highest BCUT2D eigenvalue weighted by molar-refractivity contribution is 5.71. The maximum Gasteiger partial charge on any atom is -0.0162 e. The smallest absolute Gasteiger partial charge is 0.0162 e. The van der Waals surface area contributed by atoms with E-state index in [1.807, 2.05) is 0 Å². The van der Waals surface area contributed by atoms with Crippen LogP contribution < -0.4 is 0 Å². The molecular weight excluding hydrogens is 456 g/mol. The molecule has 2 aromatic carbocycles. The molecule has 2 aliphatic carbocycles. The van der Waals surface area contributed by atoms with E-state index in [1.165, 1.54) is 139 Å². The lowest BCUT2D eigenvalue weighted by Crippen LogP contribution is -2.13. The summed E-state index contributed by atoms with van der Waals surface area (Å²) in [4.78, 5) is 0. The van der Waals surface area contributed by atoms with Crippen LogP contribution in [-0.4, -0.2) is 0 Å². The summed E-state index contributed by atoms with van der Waals surface area (Å²) in [6, 6.07) is 19.0. The fourth-order valence-electron chi connectivity index (χ4n) is 7.09. The van der Waals surface area contributed by atoms with Gasteiger partial charge in [0.05, 0.1) is 0 Å². The summed E-state index contributed by atoms with van der Waals surface area (Å²) in [7, 11) is 0. The Morgan fingerprint density at radius 3 is 1.66 bits per heavy atom. The van der Waals surface area contributed by atoms with Gasteiger partial charge in [0, 0.05) is 0 Å². The van der Waals surface area contributed by atoms with Gasteiger partial charge in [0.25, 0.3) is 0 Å². The van der Waals surface area contributed by atoms with Crippen LogP contribution in [0.5, 0.6) is 0 Å². The normalized spacial score (nSPS) is 21.8. The molecule has 2 aliphatic rings. The number of unbranched alkanes of at least 4 members (excludes halogenated alkanes) is 8. The molecule has 4 rings (SSSR count). The summed E-state index contributed by atoms with van der Waals surface area (Å²) in [5.74, 6) is 2.69. The van der Waals surface area contributed by atoms with Gasteiger partial charge in [-0.05, 0) is 90.5 Å². The Morgan fingerprint density at radius 2 is 1.05 bits per heavy atom. The second kappa shape index (κ2) is 16.3. The third-order valence-corrected chi connectivity index (χ3v) is 9.77. The van der Waals surface area contributed by atoms with Crippen LogP contribution in [-0.2, 0) is 0 Å². The Hall–Kier alpha value is -1.82. The number of rotatable bonds is 15. The molecule has 0 N–H and O–H groups in total. The van der Waals surface area contributed by atoms with Gasteiger partial charge >= 0.3 is 0 Å². The number of benzene rings is 2. The van der Waals surface area contributed by atoms with Crippen LogP contribution in [0, 0.1) is 11.8 Å². The van der Waals surface area contributed by atoms with Crippen molar-refractivity contribution in [3.8, 4) is 11.1 Å². The Morgan fingerprint density at radius 1 is 0.526 bits per heavy atom. The largest absolute Gasteiger partial charge is 0.0804 e. The van der Waals surface area contributed by atoms with Crippen molar-refractivity contribution in [2.75, 3.05) is 0 Å². The van der Waals surface area contributed by atoms with Gasteiger partial charge in [-0.25, -0.2) is 0 Å². The Bertz CT molecular complexity index is 923. The fourth-order valence-corrected chi connectivity index (χ4v) is 7.09. The SMILES string of the molecule is CCCCCCCC[C@H]1CC[C@H](c2ccc(-c3ccc(C4=CCC(CCCCCC)CC4)cc3)cc2)CC1. The molecule has 38 heavy (non-hydrogen) atoms. The first-order chi connectivity index (χ1) is 18.8. The summed E-state index contributed by atoms with van der Waals surface area (Å²) in [6.07, 6.45) is 29.2. The molecule has 0 nitrogen and oxygen atoms in total. The van der Waals surface area contributed by atoms with Crippen LogP contribution in [0.1, 0.15) is 153 Å². The highest BCUT2D eigenvalue weighted by Gasteiger charge is 2.22. The summed E-state index contributed by atoms with van der Waals surface area (Å²) in [5, 5.41) is 0. The standard InChI is InChI=1S/C38H56/c1-3-5-7-9-10-12-14-32-17-21-34(22-18-32)36-25-29-38(30-26-36)37-27-23-35(24-28-37)33-19-15-31(16-20-33)13-11-8-6-4-2/h19,23-32,34H,3-18,20-22H2,1-2H3/t31?,32-,34-. The van der Waals surface area contributed by atoms with Crippen molar-refractivity contribution < 1.29 is 0 Å². The van der Waals surface area contributed by atoms with Crippen LogP contribution in [0.25, 0.3) is 16.7 Å². The van der Waals surface area contributed by atoms with Crippen LogP contribution in [0.15, 0.2) is 54.6 Å².